The van der Waals surface area contributed by atoms with Crippen molar-refractivity contribution in [2.75, 3.05) is 56.6 Å². The molecule has 1 unspecified atom stereocenters. The molecule has 2 aromatic heterocycles. The summed E-state index contributed by atoms with van der Waals surface area (Å²) >= 11 is 0. The zero-order valence-electron chi connectivity index (χ0n) is 28.9. The lowest BCUT2D eigenvalue weighted by molar-refractivity contribution is -0.274. The molecule has 17 heteroatoms. The molecule has 0 spiro atoms. The molecule has 1 atom stereocenters. The molecule has 2 aliphatic rings. The number of nitrogens with zero attached hydrogens (tertiary/aromatic N) is 5. The van der Waals surface area contributed by atoms with Crippen LogP contribution >= 0.6 is 0 Å². The molecule has 0 bridgehead atoms. The van der Waals surface area contributed by atoms with E-state index in [9.17, 15) is 32.3 Å². The van der Waals surface area contributed by atoms with Crippen molar-refractivity contribution < 1.29 is 41.8 Å². The number of rotatable bonds is 10. The molecule has 14 nitrogen and oxygen atoms in total. The minimum absolute atomic E-state index is 0.134. The molecule has 0 saturated carbocycles. The summed E-state index contributed by atoms with van der Waals surface area (Å²) in [4.78, 5) is 65.7. The summed E-state index contributed by atoms with van der Waals surface area (Å²) < 4.78 is 49.8. The zero-order valence-corrected chi connectivity index (χ0v) is 28.9. The number of pyridine rings is 1. The summed E-state index contributed by atoms with van der Waals surface area (Å²) in [7, 11) is 1.21. The lowest BCUT2D eigenvalue weighted by atomic mass is 9.99. The number of halogens is 3. The number of aryl methyl sites for hydroxylation is 1. The second kappa shape index (κ2) is 15.6. The van der Waals surface area contributed by atoms with Gasteiger partial charge >= 0.3 is 12.5 Å². The standard InChI is InChI=1S/C36H37F3N8O6/c1-22-16-26(23-5-7-24(8-6-23)28-19-41-33(43-28)29-4-3-11-47(29)32(49)20-42-35(51)52-2)30(53-36(37,38)39)17-27(22)44-34(50)25-9-10-31(40-18-25)46-14-12-45(21-48)13-15-46/h5-10,16-19,21,29H,3-4,11-15,20H2,1-2H3,(H,41,43)(H,42,51)(H,44,50). The molecule has 53 heavy (non-hydrogen) atoms. The van der Waals surface area contributed by atoms with Gasteiger partial charge in [-0.05, 0) is 54.7 Å². The molecular weight excluding hydrogens is 697 g/mol. The summed E-state index contributed by atoms with van der Waals surface area (Å²) in [5.74, 6) is -0.110. The van der Waals surface area contributed by atoms with E-state index in [4.69, 9.17) is 0 Å². The van der Waals surface area contributed by atoms with Crippen LogP contribution in [0, 0.1) is 6.92 Å². The third kappa shape index (κ3) is 8.68. The Morgan fingerprint density at radius 2 is 1.72 bits per heavy atom. The number of likely N-dealkylation sites (tertiary alicyclic amines) is 1. The number of aromatic amines is 1. The van der Waals surface area contributed by atoms with Gasteiger partial charge in [-0.2, -0.15) is 0 Å². The number of carbonyl (C=O) groups excluding carboxylic acids is 4. The molecule has 2 aromatic carbocycles. The number of hydrogen-bond donors (Lipinski definition) is 3. The number of methoxy groups -OCH3 is 1. The van der Waals surface area contributed by atoms with E-state index in [-0.39, 0.29) is 35.3 Å². The first-order chi connectivity index (χ1) is 25.4. The number of benzene rings is 2. The van der Waals surface area contributed by atoms with Crippen molar-refractivity contribution in [3.05, 3.63) is 77.9 Å². The number of alkyl halides is 3. The largest absolute Gasteiger partial charge is 0.573 e. The Morgan fingerprint density at radius 1 is 0.981 bits per heavy atom. The van der Waals surface area contributed by atoms with Crippen molar-refractivity contribution in [1.29, 1.82) is 0 Å². The fraction of sp³-hybridized carbons (Fsp3) is 0.333. The van der Waals surface area contributed by atoms with Crippen molar-refractivity contribution in [3.8, 4) is 28.1 Å². The van der Waals surface area contributed by atoms with Crippen molar-refractivity contribution in [2.24, 2.45) is 0 Å². The highest BCUT2D eigenvalue weighted by Gasteiger charge is 2.34. The number of nitrogens with one attached hydrogen (secondary N) is 3. The quantitative estimate of drug-likeness (QED) is 0.193. The average molecular weight is 735 g/mol. The third-order valence-electron chi connectivity index (χ3n) is 9.16. The highest BCUT2D eigenvalue weighted by Crippen LogP contribution is 2.39. The van der Waals surface area contributed by atoms with Crippen LogP contribution in [0.5, 0.6) is 5.75 Å². The summed E-state index contributed by atoms with van der Waals surface area (Å²) in [5, 5.41) is 5.08. The maximum absolute atomic E-state index is 13.6. The van der Waals surface area contributed by atoms with Crippen LogP contribution in [0.25, 0.3) is 22.4 Å². The Labute approximate surface area is 302 Å². The normalized spacial score (nSPS) is 15.9. The Morgan fingerprint density at radius 3 is 2.38 bits per heavy atom. The fourth-order valence-electron chi connectivity index (χ4n) is 6.37. The number of amides is 4. The molecule has 3 N–H and O–H groups in total. The molecule has 2 saturated heterocycles. The van der Waals surface area contributed by atoms with Gasteiger partial charge in [0.1, 0.15) is 23.9 Å². The van der Waals surface area contributed by atoms with E-state index in [0.717, 1.165) is 18.9 Å². The predicted octanol–water partition coefficient (Wildman–Crippen LogP) is 4.90. The topological polar surface area (TPSA) is 162 Å². The van der Waals surface area contributed by atoms with Crippen molar-refractivity contribution >= 4 is 35.8 Å². The van der Waals surface area contributed by atoms with E-state index >= 15 is 0 Å². The Hall–Kier alpha value is -6.13. The average Bonchev–Trinajstić information content (AvgIpc) is 3.85. The smallest absolute Gasteiger partial charge is 0.453 e. The SMILES string of the molecule is COC(=O)NCC(=O)N1CCCC1c1ncc(-c2ccc(-c3cc(C)c(NC(=O)c4ccc(N5CCN(C=O)CC5)nc4)cc3OC(F)(F)F)cc2)[nH]1. The number of hydrogen-bond acceptors (Lipinski definition) is 9. The van der Waals surface area contributed by atoms with Crippen LogP contribution in [-0.4, -0.2) is 102 Å². The Bertz CT molecular complexity index is 1960. The third-order valence-corrected chi connectivity index (χ3v) is 9.16. The predicted molar refractivity (Wildman–Crippen MR) is 187 cm³/mol. The molecule has 4 amide bonds. The van der Waals surface area contributed by atoms with Crippen LogP contribution in [0.15, 0.2) is 60.9 Å². The molecule has 4 heterocycles. The van der Waals surface area contributed by atoms with Crippen molar-refractivity contribution in [1.82, 2.24) is 30.1 Å². The van der Waals surface area contributed by atoms with Gasteiger partial charge in [0.15, 0.2) is 0 Å². The fourth-order valence-corrected chi connectivity index (χ4v) is 6.37. The summed E-state index contributed by atoms with van der Waals surface area (Å²) in [6.45, 7) is 4.28. The first-order valence-corrected chi connectivity index (χ1v) is 16.8. The van der Waals surface area contributed by atoms with Crippen LogP contribution in [0.4, 0.5) is 29.5 Å². The number of ether oxygens (including phenoxy) is 2. The first-order valence-electron chi connectivity index (χ1n) is 16.8. The maximum Gasteiger partial charge on any atom is 0.573 e. The van der Waals surface area contributed by atoms with Crippen LogP contribution in [-0.2, 0) is 14.3 Å². The second-order valence-corrected chi connectivity index (χ2v) is 12.5. The van der Waals surface area contributed by atoms with Crippen molar-refractivity contribution in [3.63, 3.8) is 0 Å². The van der Waals surface area contributed by atoms with Gasteiger partial charge in [0.05, 0.1) is 30.6 Å². The number of carbonyl (C=O) groups is 4. The van der Waals surface area contributed by atoms with Gasteiger partial charge in [0, 0.05) is 56.2 Å². The van der Waals surface area contributed by atoms with Gasteiger partial charge in [-0.15, -0.1) is 13.2 Å². The van der Waals surface area contributed by atoms with Crippen molar-refractivity contribution in [2.45, 2.75) is 32.2 Å². The Balaban J connectivity index is 1.17. The highest BCUT2D eigenvalue weighted by atomic mass is 19.4. The molecule has 6 rings (SSSR count). The van der Waals surface area contributed by atoms with Gasteiger partial charge in [0.25, 0.3) is 5.91 Å². The first kappa shape index (κ1) is 36.7. The van der Waals surface area contributed by atoms with E-state index in [2.05, 4.69) is 35.1 Å². The molecule has 4 aromatic rings. The van der Waals surface area contributed by atoms with E-state index in [0.29, 0.717) is 73.2 Å². The summed E-state index contributed by atoms with van der Waals surface area (Å²) in [5.41, 5.74) is 2.79. The molecule has 2 fully saturated rings. The second-order valence-electron chi connectivity index (χ2n) is 12.5. The summed E-state index contributed by atoms with van der Waals surface area (Å²) in [6, 6.07) is 12.4. The summed E-state index contributed by atoms with van der Waals surface area (Å²) in [6.07, 6.45) is -0.439. The van der Waals surface area contributed by atoms with E-state index in [1.165, 1.54) is 19.4 Å². The van der Waals surface area contributed by atoms with E-state index in [1.54, 1.807) is 59.3 Å². The lowest BCUT2D eigenvalue weighted by Gasteiger charge is -2.33. The van der Waals surface area contributed by atoms with Gasteiger partial charge in [-0.3, -0.25) is 14.4 Å². The molecule has 278 valence electrons. The monoisotopic (exact) mass is 734 g/mol. The lowest BCUT2D eigenvalue weighted by Crippen LogP contribution is -2.46. The van der Waals surface area contributed by atoms with E-state index < -0.39 is 24.1 Å². The highest BCUT2D eigenvalue weighted by molar-refractivity contribution is 6.05. The molecule has 0 radical (unpaired) electrons. The number of alkyl carbamates (subject to hydrolysis) is 1. The maximum atomic E-state index is 13.6. The van der Waals surface area contributed by atoms with Gasteiger partial charge in [-0.1, -0.05) is 24.3 Å². The minimum atomic E-state index is -5.00. The van der Waals surface area contributed by atoms with Crippen LogP contribution in [0.2, 0.25) is 0 Å². The van der Waals surface area contributed by atoms with Gasteiger partial charge in [-0.25, -0.2) is 14.8 Å². The van der Waals surface area contributed by atoms with Gasteiger partial charge in [0.2, 0.25) is 12.3 Å². The number of imidazole rings is 1. The van der Waals surface area contributed by atoms with Crippen LogP contribution in [0.1, 0.15) is 40.6 Å². The Kier molecular flexibility index (Phi) is 10.8. The minimum Gasteiger partial charge on any atom is -0.453 e. The van der Waals surface area contributed by atoms with Crippen LogP contribution in [0.3, 0.4) is 0 Å². The molecule has 2 aliphatic heterocycles. The van der Waals surface area contributed by atoms with E-state index in [1.807, 2.05) is 4.90 Å². The number of aromatic nitrogens is 3. The number of piperazine rings is 1. The number of H-pyrrole nitrogens is 1. The molecule has 0 aliphatic carbocycles. The number of anilines is 2. The van der Waals surface area contributed by atoms with Gasteiger partial charge < -0.3 is 39.8 Å². The molecular formula is C36H37F3N8O6. The van der Waals surface area contributed by atoms with Crippen LogP contribution < -0.4 is 20.3 Å². The zero-order chi connectivity index (χ0) is 37.7.